The van der Waals surface area contributed by atoms with Crippen LogP contribution in [0.15, 0.2) is 53.0 Å². The highest BCUT2D eigenvalue weighted by Crippen LogP contribution is 2.54. The molecule has 2 aromatic rings. The fourth-order valence-corrected chi connectivity index (χ4v) is 7.05. The van der Waals surface area contributed by atoms with Crippen molar-refractivity contribution in [2.45, 2.75) is 50.8 Å². The third-order valence-electron chi connectivity index (χ3n) is 9.31. The molecule has 0 saturated heterocycles. The second kappa shape index (κ2) is 11.0. The zero-order valence-corrected chi connectivity index (χ0v) is 25.8. The van der Waals surface area contributed by atoms with E-state index in [9.17, 15) is 34.8 Å². The second-order valence-electron chi connectivity index (χ2n) is 12.8. The first kappa shape index (κ1) is 31.1. The summed E-state index contributed by atoms with van der Waals surface area (Å²) in [5, 5.41) is 49.0. The van der Waals surface area contributed by atoms with E-state index in [2.05, 4.69) is 19.2 Å². The first-order chi connectivity index (χ1) is 20.6. The Kier molecular flexibility index (Phi) is 7.75. The molecule has 3 aliphatic rings. The van der Waals surface area contributed by atoms with Crippen LogP contribution in [0.2, 0.25) is 0 Å². The molecule has 0 radical (unpaired) electrons. The Morgan fingerprint density at radius 3 is 2.27 bits per heavy atom. The number of nitrogens with zero attached hydrogens (tertiary/aromatic N) is 2. The number of rotatable bonds is 7. The minimum atomic E-state index is -2.68. The predicted molar refractivity (Wildman–Crippen MR) is 166 cm³/mol. The third-order valence-corrected chi connectivity index (χ3v) is 9.31. The molecule has 0 heterocycles. The number of likely N-dealkylation sites (N-methyl/N-ethyl adjacent to an activating group) is 1. The van der Waals surface area contributed by atoms with Crippen LogP contribution in [-0.2, 0) is 22.6 Å². The van der Waals surface area contributed by atoms with Gasteiger partial charge in [0.05, 0.1) is 17.3 Å². The average Bonchev–Trinajstić information content (AvgIpc) is 2.94. The van der Waals surface area contributed by atoms with Crippen LogP contribution >= 0.6 is 0 Å². The highest BCUT2D eigenvalue weighted by Gasteiger charge is 2.63. The first-order valence-electron chi connectivity index (χ1n) is 14.6. The van der Waals surface area contributed by atoms with Crippen molar-refractivity contribution in [2.24, 2.45) is 17.6 Å². The van der Waals surface area contributed by atoms with Crippen molar-refractivity contribution in [3.05, 3.63) is 75.3 Å². The van der Waals surface area contributed by atoms with Gasteiger partial charge in [-0.25, -0.2) is 0 Å². The molecule has 44 heavy (non-hydrogen) atoms. The summed E-state index contributed by atoms with van der Waals surface area (Å²) in [6.45, 7) is 4.60. The molecule has 0 unspecified atom stereocenters. The summed E-state index contributed by atoms with van der Waals surface area (Å²) in [5.41, 5.74) is 5.42. The van der Waals surface area contributed by atoms with E-state index in [1.807, 2.05) is 43.3 Å². The van der Waals surface area contributed by atoms with Crippen molar-refractivity contribution >= 4 is 28.8 Å². The van der Waals surface area contributed by atoms with E-state index in [-0.39, 0.29) is 29.7 Å². The Morgan fingerprint density at radius 2 is 1.73 bits per heavy atom. The smallest absolute Gasteiger partial charge is 0.255 e. The molecule has 0 aromatic heterocycles. The summed E-state index contributed by atoms with van der Waals surface area (Å²) in [6.07, 6.45) is 0.248. The fraction of sp³-hybridized carbons (Fsp3) is 0.424. The number of aliphatic hydroxyl groups excluding tert-OH is 2. The topological polar surface area (TPSA) is 177 Å². The first-order valence-corrected chi connectivity index (χ1v) is 14.6. The van der Waals surface area contributed by atoms with Crippen molar-refractivity contribution in [3.8, 4) is 5.75 Å². The number of amides is 1. The zero-order valence-electron chi connectivity index (χ0n) is 25.8. The van der Waals surface area contributed by atoms with Gasteiger partial charge in [-0.3, -0.25) is 19.3 Å². The van der Waals surface area contributed by atoms with Gasteiger partial charge < -0.3 is 36.4 Å². The van der Waals surface area contributed by atoms with Crippen molar-refractivity contribution < 1.29 is 34.8 Å². The molecule has 0 fully saturated rings. The molecule has 11 nitrogen and oxygen atoms in total. The molecule has 0 saturated carbocycles. The summed E-state index contributed by atoms with van der Waals surface area (Å²) >= 11 is 0. The van der Waals surface area contributed by atoms with E-state index in [1.165, 1.54) is 10.5 Å². The lowest BCUT2D eigenvalue weighted by molar-refractivity contribution is -0.148. The van der Waals surface area contributed by atoms with Gasteiger partial charge in [-0.2, -0.15) is 0 Å². The van der Waals surface area contributed by atoms with E-state index in [4.69, 9.17) is 5.73 Å². The minimum Gasteiger partial charge on any atom is -0.510 e. The third kappa shape index (κ3) is 4.62. The molecule has 0 spiro atoms. The van der Waals surface area contributed by atoms with Gasteiger partial charge in [0.15, 0.2) is 11.4 Å². The minimum absolute atomic E-state index is 0.0327. The van der Waals surface area contributed by atoms with Crippen molar-refractivity contribution in [1.29, 1.82) is 0 Å². The van der Waals surface area contributed by atoms with E-state index in [1.54, 1.807) is 20.2 Å². The Balaban J connectivity index is 1.61. The highest BCUT2D eigenvalue weighted by atomic mass is 16.3. The molecule has 2 aromatic carbocycles. The molecule has 1 amide bonds. The molecule has 5 rings (SSSR count). The van der Waals surface area contributed by atoms with Crippen LogP contribution in [0.4, 0.5) is 11.4 Å². The van der Waals surface area contributed by atoms with Crippen molar-refractivity contribution in [2.75, 3.05) is 38.4 Å². The number of phenols is 1. The summed E-state index contributed by atoms with van der Waals surface area (Å²) in [5.74, 6) is -6.35. The number of fused-ring (bicyclic) bond motifs is 3. The molecule has 234 valence electrons. The Bertz CT molecular complexity index is 1620. The number of hydrogen-bond acceptors (Lipinski definition) is 10. The van der Waals surface area contributed by atoms with Gasteiger partial charge in [-0.05, 0) is 61.5 Å². The number of anilines is 2. The van der Waals surface area contributed by atoms with E-state index in [0.717, 1.165) is 5.56 Å². The average molecular weight is 605 g/mol. The summed E-state index contributed by atoms with van der Waals surface area (Å²) in [6, 6.07) is 8.83. The summed E-state index contributed by atoms with van der Waals surface area (Å²) < 4.78 is 0. The molecule has 7 N–H and O–H groups in total. The van der Waals surface area contributed by atoms with Crippen LogP contribution < -0.4 is 16.0 Å². The monoisotopic (exact) mass is 604 g/mol. The number of aliphatic hydroxyl groups is 3. The summed E-state index contributed by atoms with van der Waals surface area (Å²) in [7, 11) is 6.85. The van der Waals surface area contributed by atoms with Gasteiger partial charge in [-0.15, -0.1) is 0 Å². The number of benzene rings is 2. The lowest BCUT2D eigenvalue weighted by Crippen LogP contribution is -2.63. The Labute approximate surface area is 256 Å². The normalized spacial score (nSPS) is 24.8. The number of carbonyl (C=O) groups is 3. The molecule has 11 heteroatoms. The maximum Gasteiger partial charge on any atom is 0.255 e. The number of phenolic OH excluding ortho intramolecular Hbond substituents is 1. The number of aromatic hydroxyl groups is 1. The second-order valence-corrected chi connectivity index (χ2v) is 12.8. The van der Waals surface area contributed by atoms with E-state index in [0.29, 0.717) is 29.4 Å². The van der Waals surface area contributed by atoms with E-state index < -0.39 is 58.0 Å². The maximum absolute atomic E-state index is 14.2. The number of nitrogens with two attached hydrogens (primary N) is 1. The molecule has 3 aliphatic carbocycles. The number of allylic oxidation sites excluding steroid dienone is 1. The number of Topliss-reactive ketones (excluding diaryl/α,β-unsaturated/α-hetero) is 2. The zero-order chi connectivity index (χ0) is 32.4. The molecular weight excluding hydrogens is 564 g/mol. The number of hydrogen-bond donors (Lipinski definition) is 6. The SMILES string of the molecule is CC(C)c1ccc(CNc2cc(N(C)C)c3c(c2O)C(=O)C2=C(O)[C@@]4(O)C(=O)C(C(N)=O)=C(O)[C@H](N(C)C)[C@H]4C[C@H]2C3)cc1. The lowest BCUT2D eigenvalue weighted by atomic mass is 9.58. The highest BCUT2D eigenvalue weighted by molar-refractivity contribution is 6.25. The van der Waals surface area contributed by atoms with Crippen molar-refractivity contribution in [1.82, 2.24) is 4.90 Å². The van der Waals surface area contributed by atoms with Gasteiger partial charge in [0.25, 0.3) is 5.91 Å². The van der Waals surface area contributed by atoms with Gasteiger partial charge >= 0.3 is 0 Å². The number of nitrogens with one attached hydrogen (secondary N) is 1. The number of carbonyl (C=O) groups excluding carboxylic acids is 3. The van der Waals surface area contributed by atoms with Crippen LogP contribution in [0, 0.1) is 11.8 Å². The molecule has 4 atom stereocenters. The van der Waals surface area contributed by atoms with Gasteiger partial charge in [0.2, 0.25) is 5.78 Å². The fourth-order valence-electron chi connectivity index (χ4n) is 7.05. The van der Waals surface area contributed by atoms with Crippen LogP contribution in [0.3, 0.4) is 0 Å². The van der Waals surface area contributed by atoms with Gasteiger partial charge in [0.1, 0.15) is 22.8 Å². The van der Waals surface area contributed by atoms with Gasteiger partial charge in [0, 0.05) is 37.8 Å². The maximum atomic E-state index is 14.2. The molecular formula is C33H40N4O7. The standard InChI is InChI=1S/C33H40N4O7/c1-15(2)17-9-7-16(8-10-17)14-35-21-13-22(36(3)4)19-11-18-12-20-26(37(5)6)29(40)25(32(34)43)31(42)33(20,44)30(41)23(18)28(39)24(19)27(21)38/h7-10,13,15,18,20,26,35,38,40-41,44H,11-12,14H2,1-6H3,(H2,34,43)/t18-,20-,26-,33-/m1/s1. The van der Waals surface area contributed by atoms with Crippen molar-refractivity contribution in [3.63, 3.8) is 0 Å². The Hall–Kier alpha value is -4.35. The van der Waals surface area contributed by atoms with Gasteiger partial charge in [-0.1, -0.05) is 38.1 Å². The lowest BCUT2D eigenvalue weighted by Gasteiger charge is -2.50. The molecule has 0 bridgehead atoms. The van der Waals surface area contributed by atoms with E-state index >= 15 is 0 Å². The Morgan fingerprint density at radius 1 is 1.09 bits per heavy atom. The predicted octanol–water partition coefficient (Wildman–Crippen LogP) is 2.92. The number of ketones is 2. The summed E-state index contributed by atoms with van der Waals surface area (Å²) in [4.78, 5) is 43.3. The number of primary amides is 1. The molecule has 0 aliphatic heterocycles. The van der Waals surface area contributed by atoms with Crippen LogP contribution in [0.1, 0.15) is 53.2 Å². The van der Waals surface area contributed by atoms with Crippen LogP contribution in [0.25, 0.3) is 0 Å². The largest absolute Gasteiger partial charge is 0.510 e. The van der Waals surface area contributed by atoms with Crippen LogP contribution in [-0.4, -0.2) is 82.6 Å². The quantitative estimate of drug-likeness (QED) is 0.203. The van der Waals surface area contributed by atoms with Crippen LogP contribution in [0.5, 0.6) is 5.75 Å².